The lowest BCUT2D eigenvalue weighted by molar-refractivity contribution is -0.144. The number of benzene rings is 1. The molecule has 18 heteroatoms. The lowest BCUT2D eigenvalue weighted by Crippen LogP contribution is -2.43. The van der Waals surface area contributed by atoms with Gasteiger partial charge in [0.25, 0.3) is 0 Å². The number of hydrogen-bond donors (Lipinski definition) is 3. The van der Waals surface area contributed by atoms with E-state index in [-0.39, 0.29) is 29.6 Å². The minimum atomic E-state index is -4.27. The highest BCUT2D eigenvalue weighted by atomic mass is 31.2. The third-order valence-corrected chi connectivity index (χ3v) is 8.71. The number of rotatable bonds is 14. The van der Waals surface area contributed by atoms with Gasteiger partial charge in [0.1, 0.15) is 17.7 Å². The zero-order valence-electron chi connectivity index (χ0n) is 24.9. The topological polar surface area (TPSA) is 231 Å². The number of esters is 1. The number of aliphatic hydroxyl groups is 1. The van der Waals surface area contributed by atoms with Crippen LogP contribution < -0.4 is 15.6 Å². The van der Waals surface area contributed by atoms with Crippen molar-refractivity contribution in [2.75, 3.05) is 25.6 Å². The van der Waals surface area contributed by atoms with Crippen molar-refractivity contribution in [1.29, 1.82) is 0 Å². The van der Waals surface area contributed by atoms with Gasteiger partial charge in [0.2, 0.25) is 11.8 Å². The molecule has 0 aliphatic carbocycles. The van der Waals surface area contributed by atoms with E-state index in [1.165, 1.54) is 24.7 Å². The standard InChI is InChI=1S/C26H36N9O8P/c1-6-39-22-19-21(30-25(27)31-22)35(14-29-19)24-26(5,33-34-28)20(36)18(42-24)13-41-44(38,32-15(3)23(37)40-7-2)43-16(4)17-11-9-8-10-12-17/h8-12,14-16,18,20,24,36H,6-7,13H2,1-5H3,(H,32,38)(H2,27,30,31)/t15-,16?,18+,20+,24+,26+,44?/m0/s1. The predicted molar refractivity (Wildman–Crippen MR) is 157 cm³/mol. The molecule has 0 amide bonds. The van der Waals surface area contributed by atoms with E-state index in [1.807, 2.05) is 6.07 Å². The van der Waals surface area contributed by atoms with Crippen LogP contribution in [0.2, 0.25) is 0 Å². The second-order valence-electron chi connectivity index (χ2n) is 10.1. The summed E-state index contributed by atoms with van der Waals surface area (Å²) in [5.41, 5.74) is 14.9. The molecule has 0 spiro atoms. The Morgan fingerprint density at radius 1 is 1.30 bits per heavy atom. The number of azide groups is 1. The highest BCUT2D eigenvalue weighted by Crippen LogP contribution is 2.50. The monoisotopic (exact) mass is 633 g/mol. The van der Waals surface area contributed by atoms with Crippen LogP contribution in [0.25, 0.3) is 21.6 Å². The number of aliphatic hydroxyl groups excluding tert-OH is 1. The number of hydrogen-bond acceptors (Lipinski definition) is 13. The fraction of sp³-hybridized carbons (Fsp3) is 0.538. The van der Waals surface area contributed by atoms with Crippen molar-refractivity contribution in [3.63, 3.8) is 0 Å². The SMILES string of the molecule is CCOC(=O)[C@H](C)NP(=O)(OC[C@H]1O[C@@H](n2cnc3c(OCC)nc(N)nc32)[C@](C)(N=[N+]=[N-])[C@@H]1O)OC(C)c1ccccc1. The molecule has 1 aliphatic rings. The van der Waals surface area contributed by atoms with Crippen LogP contribution in [0.5, 0.6) is 5.88 Å². The molecule has 3 heterocycles. The van der Waals surface area contributed by atoms with Gasteiger partial charge < -0.3 is 25.1 Å². The van der Waals surface area contributed by atoms with Crippen molar-refractivity contribution in [1.82, 2.24) is 24.6 Å². The first-order valence-electron chi connectivity index (χ1n) is 13.9. The predicted octanol–water partition coefficient (Wildman–Crippen LogP) is 3.58. The first-order valence-corrected chi connectivity index (χ1v) is 15.5. The molecule has 1 fully saturated rings. The van der Waals surface area contributed by atoms with Crippen molar-refractivity contribution in [3.8, 4) is 5.88 Å². The van der Waals surface area contributed by atoms with Crippen molar-refractivity contribution < 1.29 is 37.7 Å². The van der Waals surface area contributed by atoms with E-state index in [4.69, 9.17) is 29.0 Å². The summed E-state index contributed by atoms with van der Waals surface area (Å²) in [7, 11) is -4.27. The molecule has 238 valence electrons. The summed E-state index contributed by atoms with van der Waals surface area (Å²) in [6, 6.07) is 7.92. The van der Waals surface area contributed by atoms with E-state index < -0.39 is 56.4 Å². The van der Waals surface area contributed by atoms with Crippen LogP contribution in [-0.4, -0.2) is 74.2 Å². The molecular weight excluding hydrogens is 597 g/mol. The van der Waals surface area contributed by atoms with Gasteiger partial charge in [-0.3, -0.25) is 18.4 Å². The molecule has 2 aromatic heterocycles. The van der Waals surface area contributed by atoms with Crippen LogP contribution in [-0.2, 0) is 27.9 Å². The smallest absolute Gasteiger partial charge is 0.406 e. The van der Waals surface area contributed by atoms with E-state index in [0.29, 0.717) is 12.2 Å². The number of aromatic nitrogens is 4. The van der Waals surface area contributed by atoms with Crippen LogP contribution in [0.1, 0.15) is 52.5 Å². The van der Waals surface area contributed by atoms with Crippen molar-refractivity contribution in [2.45, 2.75) is 70.7 Å². The van der Waals surface area contributed by atoms with Crippen LogP contribution in [0, 0.1) is 0 Å². The lowest BCUT2D eigenvalue weighted by Gasteiger charge is -2.28. The van der Waals surface area contributed by atoms with Crippen LogP contribution in [0.15, 0.2) is 41.8 Å². The molecule has 0 saturated carbocycles. The summed E-state index contributed by atoms with van der Waals surface area (Å²) >= 11 is 0. The van der Waals surface area contributed by atoms with Gasteiger partial charge in [-0.15, -0.1) is 0 Å². The van der Waals surface area contributed by atoms with Gasteiger partial charge in [0.05, 0.1) is 38.4 Å². The van der Waals surface area contributed by atoms with Crippen molar-refractivity contribution in [3.05, 3.63) is 52.7 Å². The largest absolute Gasteiger partial charge is 0.476 e. The molecule has 17 nitrogen and oxygen atoms in total. The number of anilines is 1. The minimum Gasteiger partial charge on any atom is -0.476 e. The Hall–Kier alpha value is -3.82. The third kappa shape index (κ3) is 6.94. The Bertz CT molecular complexity index is 1550. The molecule has 1 aromatic carbocycles. The van der Waals surface area contributed by atoms with Gasteiger partial charge in [-0.2, -0.15) is 9.97 Å². The Labute approximate surface area is 253 Å². The number of nitrogens with one attached hydrogen (secondary N) is 1. The number of ether oxygens (including phenoxy) is 3. The first kappa shape index (κ1) is 33.1. The minimum absolute atomic E-state index is 0.0981. The van der Waals surface area contributed by atoms with Gasteiger partial charge in [-0.1, -0.05) is 35.4 Å². The number of nitrogen functional groups attached to an aromatic ring is 1. The average Bonchev–Trinajstić information content (AvgIpc) is 3.50. The van der Waals surface area contributed by atoms with E-state index >= 15 is 0 Å². The maximum Gasteiger partial charge on any atom is 0.406 e. The van der Waals surface area contributed by atoms with Gasteiger partial charge in [0, 0.05) is 4.91 Å². The number of carbonyl (C=O) groups is 1. The first-order chi connectivity index (χ1) is 21.0. The van der Waals surface area contributed by atoms with E-state index in [9.17, 15) is 20.0 Å². The summed E-state index contributed by atoms with van der Waals surface area (Å²) in [6.07, 6.45) is -3.17. The lowest BCUT2D eigenvalue weighted by atomic mass is 9.93. The molecular formula is C26H36N9O8P. The molecule has 1 saturated heterocycles. The molecule has 0 radical (unpaired) electrons. The fourth-order valence-electron chi connectivity index (χ4n) is 4.72. The molecule has 3 aromatic rings. The van der Waals surface area contributed by atoms with E-state index in [1.54, 1.807) is 45.0 Å². The zero-order chi connectivity index (χ0) is 32.1. The number of nitrogens with two attached hydrogens (primary N) is 1. The van der Waals surface area contributed by atoms with Gasteiger partial charge in [-0.05, 0) is 45.7 Å². The molecule has 2 unspecified atom stereocenters. The molecule has 4 N–H and O–H groups in total. The highest BCUT2D eigenvalue weighted by molar-refractivity contribution is 7.51. The normalized spacial score (nSPS) is 24.3. The Balaban J connectivity index is 1.63. The second-order valence-corrected chi connectivity index (χ2v) is 11.8. The number of carbonyl (C=O) groups excluding carboxylic acids is 1. The highest BCUT2D eigenvalue weighted by Gasteiger charge is 2.55. The number of fused-ring (bicyclic) bond motifs is 1. The summed E-state index contributed by atoms with van der Waals surface area (Å²) in [4.78, 5) is 27.9. The molecule has 0 bridgehead atoms. The number of imidazole rings is 1. The van der Waals surface area contributed by atoms with Crippen LogP contribution in [0.4, 0.5) is 5.95 Å². The molecule has 1 aliphatic heterocycles. The van der Waals surface area contributed by atoms with Crippen molar-refractivity contribution >= 4 is 30.8 Å². The summed E-state index contributed by atoms with van der Waals surface area (Å²) in [5, 5.41) is 17.8. The molecule has 4 rings (SSSR count). The Kier molecular flexibility index (Phi) is 10.4. The third-order valence-electron chi connectivity index (χ3n) is 6.92. The zero-order valence-corrected chi connectivity index (χ0v) is 25.8. The number of nitrogens with zero attached hydrogens (tertiary/aromatic N) is 7. The van der Waals surface area contributed by atoms with Crippen molar-refractivity contribution in [2.24, 2.45) is 5.11 Å². The Morgan fingerprint density at radius 2 is 2.02 bits per heavy atom. The van der Waals surface area contributed by atoms with Gasteiger partial charge in [-0.25, -0.2) is 14.6 Å². The van der Waals surface area contributed by atoms with Crippen LogP contribution in [0.3, 0.4) is 0 Å². The fourth-order valence-corrected chi connectivity index (χ4v) is 6.38. The quantitative estimate of drug-likeness (QED) is 0.0758. The maximum atomic E-state index is 14.0. The van der Waals surface area contributed by atoms with Gasteiger partial charge >= 0.3 is 13.7 Å². The maximum absolute atomic E-state index is 14.0. The summed E-state index contributed by atoms with van der Waals surface area (Å²) in [6.45, 7) is 7.93. The van der Waals surface area contributed by atoms with E-state index in [0.717, 1.165) is 0 Å². The molecule has 7 atom stereocenters. The Morgan fingerprint density at radius 3 is 2.68 bits per heavy atom. The van der Waals surface area contributed by atoms with Crippen LogP contribution >= 0.6 is 7.75 Å². The average molecular weight is 634 g/mol. The summed E-state index contributed by atoms with van der Waals surface area (Å²) in [5.74, 6) is -0.621. The second kappa shape index (κ2) is 13.9. The van der Waals surface area contributed by atoms with Gasteiger partial charge in [0.15, 0.2) is 17.4 Å². The molecule has 44 heavy (non-hydrogen) atoms. The van der Waals surface area contributed by atoms with E-state index in [2.05, 4.69) is 30.1 Å². The summed E-state index contributed by atoms with van der Waals surface area (Å²) < 4.78 is 43.8.